The van der Waals surface area contributed by atoms with E-state index in [-0.39, 0.29) is 12.3 Å². The molecular weight excluding hydrogens is 426 g/mol. The summed E-state index contributed by atoms with van der Waals surface area (Å²) in [6.45, 7) is 0.881. The molecule has 172 valence electrons. The standard InChI is InChI=1S/C29H27NO4/c1-31-24-16-20(17-25(32-2)28(24)33-3)27-26-21-10-6-4-8-18(21)12-13-23(26)34-29-22-11-7-5-9-19(22)14-15-30(27)29/h4-13,16-17,27,29H,14-15H2,1-3H3/t27-,29+/m1/s1. The van der Waals surface area contributed by atoms with Crippen LogP contribution in [-0.4, -0.2) is 32.8 Å². The Bertz CT molecular complexity index is 1360. The van der Waals surface area contributed by atoms with E-state index in [1.807, 2.05) is 0 Å². The molecule has 0 aliphatic carbocycles. The van der Waals surface area contributed by atoms with E-state index < -0.39 is 0 Å². The average Bonchev–Trinajstić information content (AvgIpc) is 2.90. The van der Waals surface area contributed by atoms with E-state index in [4.69, 9.17) is 18.9 Å². The molecule has 0 saturated heterocycles. The molecule has 2 aliphatic rings. The first-order valence-electron chi connectivity index (χ1n) is 11.5. The third-order valence-electron chi connectivity index (χ3n) is 7.04. The van der Waals surface area contributed by atoms with Gasteiger partial charge in [-0.25, -0.2) is 0 Å². The maximum Gasteiger partial charge on any atom is 0.203 e. The summed E-state index contributed by atoms with van der Waals surface area (Å²) in [4.78, 5) is 2.46. The number of hydrogen-bond donors (Lipinski definition) is 0. The minimum Gasteiger partial charge on any atom is -0.493 e. The number of hydrogen-bond acceptors (Lipinski definition) is 5. The van der Waals surface area contributed by atoms with E-state index in [1.165, 1.54) is 27.5 Å². The van der Waals surface area contributed by atoms with E-state index in [2.05, 4.69) is 77.7 Å². The van der Waals surface area contributed by atoms with Gasteiger partial charge in [0.25, 0.3) is 0 Å². The van der Waals surface area contributed by atoms with Crippen LogP contribution in [0.1, 0.15) is 34.5 Å². The first kappa shape index (κ1) is 20.9. The van der Waals surface area contributed by atoms with Crippen molar-refractivity contribution >= 4 is 10.8 Å². The third kappa shape index (κ3) is 3.11. The Morgan fingerprint density at radius 3 is 2.32 bits per heavy atom. The van der Waals surface area contributed by atoms with Gasteiger partial charge in [0.05, 0.1) is 27.4 Å². The molecule has 0 spiro atoms. The Hall–Kier alpha value is -3.70. The predicted octanol–water partition coefficient (Wildman–Crippen LogP) is 5.90. The largest absolute Gasteiger partial charge is 0.493 e. The highest BCUT2D eigenvalue weighted by Gasteiger charge is 2.41. The van der Waals surface area contributed by atoms with Gasteiger partial charge in [-0.05, 0) is 46.5 Å². The summed E-state index contributed by atoms with van der Waals surface area (Å²) in [6, 6.07) is 25.4. The summed E-state index contributed by atoms with van der Waals surface area (Å²) in [5, 5.41) is 2.38. The Morgan fingerprint density at radius 1 is 0.824 bits per heavy atom. The van der Waals surface area contributed by atoms with E-state index in [0.717, 1.165) is 24.3 Å². The van der Waals surface area contributed by atoms with Crippen LogP contribution < -0.4 is 18.9 Å². The highest BCUT2D eigenvalue weighted by Crippen LogP contribution is 2.52. The maximum atomic E-state index is 6.72. The van der Waals surface area contributed by atoms with Crippen LogP contribution in [0.15, 0.2) is 72.8 Å². The van der Waals surface area contributed by atoms with Crippen LogP contribution >= 0.6 is 0 Å². The first-order valence-corrected chi connectivity index (χ1v) is 11.5. The lowest BCUT2D eigenvalue weighted by atomic mass is 9.86. The van der Waals surface area contributed by atoms with Crippen LogP contribution in [0.5, 0.6) is 23.0 Å². The van der Waals surface area contributed by atoms with E-state index in [1.54, 1.807) is 21.3 Å². The highest BCUT2D eigenvalue weighted by molar-refractivity contribution is 5.89. The molecule has 2 aliphatic heterocycles. The van der Waals surface area contributed by atoms with E-state index >= 15 is 0 Å². The van der Waals surface area contributed by atoms with Crippen LogP contribution in [0.2, 0.25) is 0 Å². The molecule has 5 nitrogen and oxygen atoms in total. The normalized spacial score (nSPS) is 18.9. The topological polar surface area (TPSA) is 40.2 Å². The van der Waals surface area contributed by atoms with Crippen LogP contribution in [0, 0.1) is 0 Å². The number of benzene rings is 4. The van der Waals surface area contributed by atoms with Gasteiger partial charge >= 0.3 is 0 Å². The summed E-state index contributed by atoms with van der Waals surface area (Å²) in [5.74, 6) is 2.81. The zero-order valence-electron chi connectivity index (χ0n) is 19.6. The summed E-state index contributed by atoms with van der Waals surface area (Å²) >= 11 is 0. The molecule has 4 aromatic rings. The number of methoxy groups -OCH3 is 3. The van der Waals surface area contributed by atoms with Crippen molar-refractivity contribution in [2.75, 3.05) is 27.9 Å². The molecule has 5 heteroatoms. The van der Waals surface area contributed by atoms with Gasteiger partial charge in [-0.15, -0.1) is 0 Å². The number of nitrogens with zero attached hydrogens (tertiary/aromatic N) is 1. The smallest absolute Gasteiger partial charge is 0.203 e. The van der Waals surface area contributed by atoms with E-state index in [9.17, 15) is 0 Å². The molecule has 0 bridgehead atoms. The van der Waals surface area contributed by atoms with Crippen molar-refractivity contribution in [3.63, 3.8) is 0 Å². The van der Waals surface area contributed by atoms with Gasteiger partial charge in [0.15, 0.2) is 17.7 Å². The fourth-order valence-corrected chi connectivity index (χ4v) is 5.51. The predicted molar refractivity (Wildman–Crippen MR) is 132 cm³/mol. The van der Waals surface area contributed by atoms with Crippen molar-refractivity contribution in [3.05, 3.63) is 95.1 Å². The summed E-state index contributed by atoms with van der Waals surface area (Å²) in [5.41, 5.74) is 4.82. The summed E-state index contributed by atoms with van der Waals surface area (Å²) in [7, 11) is 4.96. The van der Waals surface area contributed by atoms with Gasteiger partial charge in [-0.1, -0.05) is 54.6 Å². The fourth-order valence-electron chi connectivity index (χ4n) is 5.51. The van der Waals surface area contributed by atoms with E-state index in [0.29, 0.717) is 17.2 Å². The van der Waals surface area contributed by atoms with Gasteiger partial charge in [0, 0.05) is 17.7 Å². The van der Waals surface area contributed by atoms with Crippen LogP contribution in [0.4, 0.5) is 0 Å². The zero-order valence-corrected chi connectivity index (χ0v) is 19.6. The van der Waals surface area contributed by atoms with Crippen molar-refractivity contribution in [1.29, 1.82) is 0 Å². The zero-order chi connectivity index (χ0) is 23.2. The molecule has 34 heavy (non-hydrogen) atoms. The molecule has 0 radical (unpaired) electrons. The minimum absolute atomic E-state index is 0.0399. The molecular formula is C29H27NO4. The van der Waals surface area contributed by atoms with Gasteiger partial charge in [-0.2, -0.15) is 0 Å². The molecule has 0 aromatic heterocycles. The Kier molecular flexibility index (Phi) is 5.07. The summed E-state index contributed by atoms with van der Waals surface area (Å²) in [6.07, 6.45) is 0.805. The molecule has 0 unspecified atom stereocenters. The molecule has 6 rings (SSSR count). The SMILES string of the molecule is COc1cc([C@@H]2c3c(ccc4ccccc34)O[C@H]3c4ccccc4CCN23)cc(OC)c1OC. The van der Waals surface area contributed by atoms with Crippen LogP contribution in [-0.2, 0) is 6.42 Å². The minimum atomic E-state index is -0.164. The molecule has 0 saturated carbocycles. The fraction of sp³-hybridized carbons (Fsp3) is 0.241. The molecule has 2 atom stereocenters. The number of ether oxygens (including phenoxy) is 4. The van der Waals surface area contributed by atoms with Crippen molar-refractivity contribution in [1.82, 2.24) is 4.90 Å². The van der Waals surface area contributed by atoms with Crippen molar-refractivity contribution < 1.29 is 18.9 Å². The third-order valence-corrected chi connectivity index (χ3v) is 7.04. The Balaban J connectivity index is 1.62. The highest BCUT2D eigenvalue weighted by atomic mass is 16.5. The molecule has 2 heterocycles. The molecule has 4 aromatic carbocycles. The lowest BCUT2D eigenvalue weighted by Gasteiger charge is -2.46. The lowest BCUT2D eigenvalue weighted by molar-refractivity contribution is -0.0261. The van der Waals surface area contributed by atoms with Crippen molar-refractivity contribution in [3.8, 4) is 23.0 Å². The van der Waals surface area contributed by atoms with Crippen molar-refractivity contribution in [2.24, 2.45) is 0 Å². The van der Waals surface area contributed by atoms with Crippen molar-refractivity contribution in [2.45, 2.75) is 18.7 Å². The second-order valence-electron chi connectivity index (χ2n) is 8.72. The summed E-state index contributed by atoms with van der Waals surface area (Å²) < 4.78 is 23.8. The maximum absolute atomic E-state index is 6.72. The first-order chi connectivity index (χ1) is 16.7. The lowest BCUT2D eigenvalue weighted by Crippen LogP contribution is -2.44. The second-order valence-corrected chi connectivity index (χ2v) is 8.72. The number of fused-ring (bicyclic) bond motifs is 6. The van der Waals surface area contributed by atoms with Gasteiger partial charge in [0.1, 0.15) is 5.75 Å². The Morgan fingerprint density at radius 2 is 1.56 bits per heavy atom. The number of rotatable bonds is 4. The van der Waals surface area contributed by atoms with Gasteiger partial charge in [-0.3, -0.25) is 4.90 Å². The Labute approximate surface area is 199 Å². The second kappa shape index (κ2) is 8.26. The molecule has 0 fully saturated rings. The molecule has 0 N–H and O–H groups in total. The van der Waals surface area contributed by atoms with Gasteiger partial charge in [0.2, 0.25) is 5.75 Å². The average molecular weight is 454 g/mol. The quantitative estimate of drug-likeness (QED) is 0.385. The van der Waals surface area contributed by atoms with Crippen LogP contribution in [0.25, 0.3) is 10.8 Å². The molecule has 0 amide bonds. The van der Waals surface area contributed by atoms with Gasteiger partial charge < -0.3 is 18.9 Å². The monoisotopic (exact) mass is 453 g/mol. The van der Waals surface area contributed by atoms with Crippen LogP contribution in [0.3, 0.4) is 0 Å².